The van der Waals surface area contributed by atoms with Gasteiger partial charge < -0.3 is 9.73 Å². The molecule has 0 aliphatic carbocycles. The van der Waals surface area contributed by atoms with Gasteiger partial charge in [-0.05, 0) is 60.7 Å². The Labute approximate surface area is 171 Å². The molecule has 3 nitrogen and oxygen atoms in total. The maximum absolute atomic E-state index is 12.1. The van der Waals surface area contributed by atoms with Gasteiger partial charge in [-0.2, -0.15) is 0 Å². The van der Waals surface area contributed by atoms with Crippen molar-refractivity contribution < 1.29 is 4.42 Å². The van der Waals surface area contributed by atoms with Crippen LogP contribution in [0.15, 0.2) is 82.0 Å². The summed E-state index contributed by atoms with van der Waals surface area (Å²) in [5.41, 5.74) is 7.20. The molecule has 0 amide bonds. The molecule has 0 spiro atoms. The summed E-state index contributed by atoms with van der Waals surface area (Å²) < 4.78 is 5.44. The van der Waals surface area contributed by atoms with Gasteiger partial charge in [0.15, 0.2) is 0 Å². The molecule has 4 rings (SSSR count). The Bertz CT molecular complexity index is 1190. The van der Waals surface area contributed by atoms with Crippen LogP contribution in [0.1, 0.15) is 39.4 Å². The molecule has 0 aliphatic heterocycles. The highest BCUT2D eigenvalue weighted by molar-refractivity contribution is 5.81. The molecule has 1 heterocycles. The molecule has 146 valence electrons. The number of aryl methyl sites for hydroxylation is 3. The number of rotatable bonds is 5. The third kappa shape index (κ3) is 4.15. The zero-order chi connectivity index (χ0) is 20.4. The lowest BCUT2D eigenvalue weighted by atomic mass is 9.97. The van der Waals surface area contributed by atoms with E-state index in [1.54, 1.807) is 6.07 Å². The molecule has 3 aromatic carbocycles. The Balaban J connectivity index is 1.72. The highest BCUT2D eigenvalue weighted by Gasteiger charge is 2.15. The summed E-state index contributed by atoms with van der Waals surface area (Å²) in [5.74, 6) is 0. The average molecular weight is 383 g/mol. The molecule has 0 aliphatic rings. The zero-order valence-corrected chi connectivity index (χ0v) is 17.0. The molecule has 4 aromatic rings. The van der Waals surface area contributed by atoms with Crippen LogP contribution in [0.25, 0.3) is 11.0 Å². The van der Waals surface area contributed by atoms with Crippen molar-refractivity contribution in [2.24, 2.45) is 0 Å². The Morgan fingerprint density at radius 1 is 0.828 bits per heavy atom. The number of hydrogen-bond acceptors (Lipinski definition) is 3. The van der Waals surface area contributed by atoms with E-state index in [2.05, 4.69) is 73.8 Å². The van der Waals surface area contributed by atoms with Gasteiger partial charge in [-0.25, -0.2) is 4.79 Å². The van der Waals surface area contributed by atoms with Crippen molar-refractivity contribution in [2.75, 3.05) is 0 Å². The van der Waals surface area contributed by atoms with Gasteiger partial charge in [-0.1, -0.05) is 60.2 Å². The predicted octanol–water partition coefficient (Wildman–Crippen LogP) is 5.60. The van der Waals surface area contributed by atoms with Gasteiger partial charge in [0.2, 0.25) is 0 Å². The number of fused-ring (bicyclic) bond motifs is 1. The summed E-state index contributed by atoms with van der Waals surface area (Å²) in [4.78, 5) is 12.1. The van der Waals surface area contributed by atoms with Gasteiger partial charge >= 0.3 is 5.63 Å². The monoisotopic (exact) mass is 383 g/mol. The minimum absolute atomic E-state index is 0.0330. The first kappa shape index (κ1) is 19.2. The van der Waals surface area contributed by atoms with E-state index in [1.807, 2.05) is 19.1 Å². The van der Waals surface area contributed by atoms with Gasteiger partial charge in [0, 0.05) is 18.0 Å². The Morgan fingerprint density at radius 3 is 2.21 bits per heavy atom. The van der Waals surface area contributed by atoms with E-state index in [9.17, 15) is 4.79 Å². The molecule has 0 saturated carbocycles. The molecular formula is C26H25NO2. The first-order valence-electron chi connectivity index (χ1n) is 9.90. The minimum atomic E-state index is -0.316. The van der Waals surface area contributed by atoms with Crippen LogP contribution in [-0.4, -0.2) is 0 Å². The number of nitrogens with one attached hydrogen (secondary N) is 1. The van der Waals surface area contributed by atoms with Crippen LogP contribution in [0.4, 0.5) is 0 Å². The summed E-state index contributed by atoms with van der Waals surface area (Å²) in [5, 5.41) is 4.64. The Morgan fingerprint density at radius 2 is 1.48 bits per heavy atom. The lowest BCUT2D eigenvalue weighted by Crippen LogP contribution is -2.22. The van der Waals surface area contributed by atoms with E-state index in [0.717, 1.165) is 16.5 Å². The highest BCUT2D eigenvalue weighted by Crippen LogP contribution is 2.25. The van der Waals surface area contributed by atoms with Gasteiger partial charge in [0.05, 0.1) is 6.04 Å². The van der Waals surface area contributed by atoms with Crippen molar-refractivity contribution in [3.8, 4) is 0 Å². The summed E-state index contributed by atoms with van der Waals surface area (Å²) in [6.07, 6.45) is 0. The summed E-state index contributed by atoms with van der Waals surface area (Å²) in [6.45, 7) is 6.77. The molecule has 0 fully saturated rings. The van der Waals surface area contributed by atoms with Crippen LogP contribution in [0, 0.1) is 20.8 Å². The lowest BCUT2D eigenvalue weighted by molar-refractivity contribution is 0.552. The third-order valence-electron chi connectivity index (χ3n) is 5.48. The number of benzene rings is 3. The molecule has 0 saturated heterocycles. The first-order chi connectivity index (χ1) is 14.0. The largest absolute Gasteiger partial charge is 0.423 e. The van der Waals surface area contributed by atoms with Crippen LogP contribution in [-0.2, 0) is 6.54 Å². The fraction of sp³-hybridized carbons (Fsp3) is 0.192. The summed E-state index contributed by atoms with van der Waals surface area (Å²) >= 11 is 0. The molecular weight excluding hydrogens is 358 g/mol. The van der Waals surface area contributed by atoms with E-state index in [4.69, 9.17) is 4.42 Å². The van der Waals surface area contributed by atoms with Gasteiger partial charge in [0.1, 0.15) is 5.58 Å². The Hall–Kier alpha value is -3.17. The second-order valence-electron chi connectivity index (χ2n) is 7.66. The predicted molar refractivity (Wildman–Crippen MR) is 118 cm³/mol. The van der Waals surface area contributed by atoms with Gasteiger partial charge in [-0.3, -0.25) is 0 Å². The van der Waals surface area contributed by atoms with Crippen LogP contribution >= 0.6 is 0 Å². The Kier molecular flexibility index (Phi) is 5.32. The molecule has 0 bridgehead atoms. The second-order valence-corrected chi connectivity index (χ2v) is 7.66. The quantitative estimate of drug-likeness (QED) is 0.456. The van der Waals surface area contributed by atoms with Crippen LogP contribution < -0.4 is 10.9 Å². The highest BCUT2D eigenvalue weighted by atomic mass is 16.4. The standard InChI is InChI=1S/C26H25NO2/c1-17-9-11-21(12-10-17)26(20-7-5-4-6-8-20)27-16-22-15-25(28)29-24-14-19(3)18(2)13-23(22)24/h4-15,26-27H,16H2,1-3H3/t26-/m0/s1. The molecule has 0 unspecified atom stereocenters. The van der Waals surface area contributed by atoms with Crippen LogP contribution in [0.2, 0.25) is 0 Å². The lowest BCUT2D eigenvalue weighted by Gasteiger charge is -2.21. The average Bonchev–Trinajstić information content (AvgIpc) is 2.71. The van der Waals surface area contributed by atoms with Gasteiger partial charge in [-0.15, -0.1) is 0 Å². The molecule has 1 atom stereocenters. The molecule has 29 heavy (non-hydrogen) atoms. The van der Waals surface area contributed by atoms with Crippen molar-refractivity contribution in [3.63, 3.8) is 0 Å². The fourth-order valence-electron chi connectivity index (χ4n) is 3.67. The third-order valence-corrected chi connectivity index (χ3v) is 5.48. The van der Waals surface area contributed by atoms with Crippen molar-refractivity contribution in [1.29, 1.82) is 0 Å². The minimum Gasteiger partial charge on any atom is -0.423 e. The van der Waals surface area contributed by atoms with E-state index in [0.29, 0.717) is 12.1 Å². The van der Waals surface area contributed by atoms with Crippen molar-refractivity contribution in [3.05, 3.63) is 117 Å². The van der Waals surface area contributed by atoms with E-state index >= 15 is 0 Å². The van der Waals surface area contributed by atoms with E-state index in [-0.39, 0.29) is 11.7 Å². The summed E-state index contributed by atoms with van der Waals surface area (Å²) in [6, 6.07) is 24.6. The molecule has 1 N–H and O–H groups in total. The van der Waals surface area contributed by atoms with Crippen LogP contribution in [0.5, 0.6) is 0 Å². The maximum atomic E-state index is 12.1. The zero-order valence-electron chi connectivity index (χ0n) is 17.0. The first-order valence-corrected chi connectivity index (χ1v) is 9.90. The van der Waals surface area contributed by atoms with Gasteiger partial charge in [0.25, 0.3) is 0 Å². The smallest absolute Gasteiger partial charge is 0.336 e. The second kappa shape index (κ2) is 8.06. The normalized spacial score (nSPS) is 12.2. The fourth-order valence-corrected chi connectivity index (χ4v) is 3.67. The SMILES string of the molecule is Cc1ccc([C@@H](NCc2cc(=O)oc3cc(C)c(C)cc23)c2ccccc2)cc1. The molecule has 3 heteroatoms. The van der Waals surface area contributed by atoms with E-state index in [1.165, 1.54) is 22.3 Å². The van der Waals surface area contributed by atoms with Crippen molar-refractivity contribution >= 4 is 11.0 Å². The number of hydrogen-bond donors (Lipinski definition) is 1. The van der Waals surface area contributed by atoms with Crippen molar-refractivity contribution in [1.82, 2.24) is 5.32 Å². The van der Waals surface area contributed by atoms with Crippen LogP contribution in [0.3, 0.4) is 0 Å². The molecule has 1 aromatic heterocycles. The van der Waals surface area contributed by atoms with E-state index < -0.39 is 0 Å². The summed E-state index contributed by atoms with van der Waals surface area (Å²) in [7, 11) is 0. The topological polar surface area (TPSA) is 42.2 Å². The van der Waals surface area contributed by atoms with Crippen molar-refractivity contribution in [2.45, 2.75) is 33.4 Å². The molecule has 0 radical (unpaired) electrons. The maximum Gasteiger partial charge on any atom is 0.336 e.